The van der Waals surface area contributed by atoms with Gasteiger partial charge in [0, 0.05) is 21.8 Å². The average Bonchev–Trinajstić information content (AvgIpc) is 3.18. The largest absolute Gasteiger partial charge is 0.459 e. The minimum absolute atomic E-state index is 0.133. The van der Waals surface area contributed by atoms with Gasteiger partial charge in [0.25, 0.3) is 11.8 Å². The van der Waals surface area contributed by atoms with Gasteiger partial charge in [0.2, 0.25) is 0 Å². The molecule has 1 N–H and O–H groups in total. The maximum atomic E-state index is 12.7. The van der Waals surface area contributed by atoms with Crippen molar-refractivity contribution in [1.29, 1.82) is 0 Å². The summed E-state index contributed by atoms with van der Waals surface area (Å²) in [6.07, 6.45) is 1.46. The first-order chi connectivity index (χ1) is 12.9. The maximum absolute atomic E-state index is 12.7. The van der Waals surface area contributed by atoms with E-state index in [4.69, 9.17) is 27.6 Å². The lowest BCUT2D eigenvalue weighted by molar-refractivity contribution is 0.0988. The molecule has 0 unspecified atom stereocenters. The van der Waals surface area contributed by atoms with E-state index in [0.717, 1.165) is 11.1 Å². The van der Waals surface area contributed by atoms with Gasteiger partial charge in [-0.2, -0.15) is 0 Å². The van der Waals surface area contributed by atoms with Crippen LogP contribution in [0.3, 0.4) is 0 Å². The van der Waals surface area contributed by atoms with E-state index < -0.39 is 0 Å². The van der Waals surface area contributed by atoms with Crippen molar-refractivity contribution >= 4 is 46.4 Å². The van der Waals surface area contributed by atoms with E-state index in [9.17, 15) is 9.59 Å². The highest BCUT2D eigenvalue weighted by Crippen LogP contribution is 2.35. The monoisotopic (exact) mass is 400 g/mol. The number of nitrogens with one attached hydrogen (secondary N) is 1. The van der Waals surface area contributed by atoms with Crippen LogP contribution in [0.2, 0.25) is 10.0 Å². The molecule has 0 spiro atoms. The van der Waals surface area contributed by atoms with Gasteiger partial charge in [-0.3, -0.25) is 9.59 Å². The zero-order valence-electron chi connectivity index (χ0n) is 14.3. The number of rotatable bonds is 3. The molecule has 3 aromatic rings. The van der Waals surface area contributed by atoms with Crippen molar-refractivity contribution in [3.63, 3.8) is 0 Å². The summed E-state index contributed by atoms with van der Waals surface area (Å²) in [4.78, 5) is 26.5. The van der Waals surface area contributed by atoms with Gasteiger partial charge < -0.3 is 14.6 Å². The summed E-state index contributed by atoms with van der Waals surface area (Å²) in [5, 5.41) is 3.68. The normalized spacial score (nSPS) is 13.0. The Hall–Kier alpha value is -2.76. The molecular weight excluding hydrogens is 387 g/mol. The summed E-state index contributed by atoms with van der Waals surface area (Å²) < 4.78 is 5.18. The van der Waals surface area contributed by atoms with E-state index in [-0.39, 0.29) is 17.6 Å². The van der Waals surface area contributed by atoms with Gasteiger partial charge >= 0.3 is 0 Å². The van der Waals surface area contributed by atoms with Gasteiger partial charge in [0.1, 0.15) is 0 Å². The Kier molecular flexibility index (Phi) is 4.42. The standard InChI is InChI=1S/C20H14Cl2N2O3/c1-11-6-7-27-18(11)19(25)23-14-3-5-17(16(22)9-14)24-10-12-8-13(21)2-4-15(12)20(24)26/h2-9H,10H2,1H3,(H,23,25). The Morgan fingerprint density at radius 3 is 2.67 bits per heavy atom. The quantitative estimate of drug-likeness (QED) is 0.647. The maximum Gasteiger partial charge on any atom is 0.291 e. The summed E-state index contributed by atoms with van der Waals surface area (Å²) in [6.45, 7) is 2.18. The summed E-state index contributed by atoms with van der Waals surface area (Å²) in [6, 6.07) is 11.9. The van der Waals surface area contributed by atoms with Crippen LogP contribution in [0.15, 0.2) is 53.1 Å². The molecule has 0 saturated heterocycles. The minimum Gasteiger partial charge on any atom is -0.459 e. The number of anilines is 2. The van der Waals surface area contributed by atoms with Crippen molar-refractivity contribution in [2.45, 2.75) is 13.5 Å². The van der Waals surface area contributed by atoms with Crippen molar-refractivity contribution < 1.29 is 14.0 Å². The summed E-state index contributed by atoms with van der Waals surface area (Å²) in [5.74, 6) is -0.246. The third-order valence-corrected chi connectivity index (χ3v) is 4.97. The second kappa shape index (κ2) is 6.76. The van der Waals surface area contributed by atoms with Crippen LogP contribution >= 0.6 is 23.2 Å². The van der Waals surface area contributed by atoms with Crippen LogP contribution in [0.1, 0.15) is 32.0 Å². The minimum atomic E-state index is -0.361. The molecule has 0 aliphatic carbocycles. The zero-order chi connectivity index (χ0) is 19.1. The van der Waals surface area contributed by atoms with E-state index in [1.807, 2.05) is 0 Å². The molecule has 1 aliphatic heterocycles. The van der Waals surface area contributed by atoms with E-state index in [1.165, 1.54) is 6.26 Å². The summed E-state index contributed by atoms with van der Waals surface area (Å²) >= 11 is 12.4. The first-order valence-electron chi connectivity index (χ1n) is 8.19. The number of hydrogen-bond acceptors (Lipinski definition) is 3. The molecule has 0 fully saturated rings. The molecule has 4 rings (SSSR count). The number of halogens is 2. The van der Waals surface area contributed by atoms with Crippen molar-refractivity contribution in [2.24, 2.45) is 0 Å². The van der Waals surface area contributed by atoms with Gasteiger partial charge in [-0.05, 0) is 55.0 Å². The molecule has 136 valence electrons. The number of hydrogen-bond donors (Lipinski definition) is 1. The van der Waals surface area contributed by atoms with Crippen molar-refractivity contribution in [1.82, 2.24) is 0 Å². The van der Waals surface area contributed by atoms with Crippen molar-refractivity contribution in [3.05, 3.63) is 81.2 Å². The molecule has 27 heavy (non-hydrogen) atoms. The molecule has 2 amide bonds. The fourth-order valence-electron chi connectivity index (χ4n) is 3.08. The molecule has 0 saturated carbocycles. The fourth-order valence-corrected chi connectivity index (χ4v) is 3.56. The number of nitrogens with zero attached hydrogens (tertiary/aromatic N) is 1. The number of carbonyl (C=O) groups is 2. The third kappa shape index (κ3) is 3.20. The lowest BCUT2D eigenvalue weighted by atomic mass is 10.1. The summed E-state index contributed by atoms with van der Waals surface area (Å²) in [5.41, 5.74) is 3.29. The Morgan fingerprint density at radius 2 is 1.96 bits per heavy atom. The SMILES string of the molecule is Cc1ccoc1C(=O)Nc1ccc(N2Cc3cc(Cl)ccc3C2=O)c(Cl)c1. The van der Waals surface area contributed by atoms with Crippen LogP contribution in [0.25, 0.3) is 0 Å². The molecule has 5 nitrogen and oxygen atoms in total. The zero-order valence-corrected chi connectivity index (χ0v) is 15.8. The number of fused-ring (bicyclic) bond motifs is 1. The third-order valence-electron chi connectivity index (χ3n) is 4.44. The van der Waals surface area contributed by atoms with E-state index >= 15 is 0 Å². The first-order valence-corrected chi connectivity index (χ1v) is 8.95. The first kappa shape index (κ1) is 17.6. The predicted molar refractivity (Wildman–Crippen MR) is 105 cm³/mol. The Balaban J connectivity index is 1.57. The van der Waals surface area contributed by atoms with Gasteiger partial charge in [0.05, 0.1) is 23.5 Å². The Labute approximate surface area is 165 Å². The predicted octanol–water partition coefficient (Wildman–Crippen LogP) is 5.31. The average molecular weight is 401 g/mol. The number of aryl methyl sites for hydroxylation is 1. The smallest absolute Gasteiger partial charge is 0.291 e. The molecule has 0 atom stereocenters. The molecule has 0 radical (unpaired) electrons. The fraction of sp³-hybridized carbons (Fsp3) is 0.100. The van der Waals surface area contributed by atoms with Crippen molar-refractivity contribution in [2.75, 3.05) is 10.2 Å². The molecular formula is C20H14Cl2N2O3. The topological polar surface area (TPSA) is 62.6 Å². The molecule has 2 heterocycles. The Morgan fingerprint density at radius 1 is 1.15 bits per heavy atom. The van der Waals surface area contributed by atoms with E-state index in [0.29, 0.717) is 33.5 Å². The van der Waals surface area contributed by atoms with Gasteiger partial charge in [0.15, 0.2) is 5.76 Å². The van der Waals surface area contributed by atoms with Crippen LogP contribution in [-0.4, -0.2) is 11.8 Å². The summed E-state index contributed by atoms with van der Waals surface area (Å²) in [7, 11) is 0. The molecule has 1 aromatic heterocycles. The number of amides is 2. The van der Waals surface area contributed by atoms with E-state index in [1.54, 1.807) is 54.3 Å². The second-order valence-electron chi connectivity index (χ2n) is 6.25. The number of benzene rings is 2. The second-order valence-corrected chi connectivity index (χ2v) is 7.09. The number of carbonyl (C=O) groups excluding carboxylic acids is 2. The molecule has 7 heteroatoms. The van der Waals surface area contributed by atoms with Crippen LogP contribution < -0.4 is 10.2 Å². The van der Waals surface area contributed by atoms with Crippen molar-refractivity contribution in [3.8, 4) is 0 Å². The van der Waals surface area contributed by atoms with Gasteiger partial charge in [-0.1, -0.05) is 23.2 Å². The molecule has 2 aromatic carbocycles. The number of furan rings is 1. The highest BCUT2D eigenvalue weighted by molar-refractivity contribution is 6.34. The highest BCUT2D eigenvalue weighted by atomic mass is 35.5. The van der Waals surface area contributed by atoms with Crippen LogP contribution in [0.5, 0.6) is 0 Å². The molecule has 1 aliphatic rings. The highest BCUT2D eigenvalue weighted by Gasteiger charge is 2.30. The Bertz CT molecular complexity index is 1070. The van der Waals surface area contributed by atoms with Gasteiger partial charge in [-0.15, -0.1) is 0 Å². The lowest BCUT2D eigenvalue weighted by Gasteiger charge is -2.18. The van der Waals surface area contributed by atoms with Gasteiger partial charge in [-0.25, -0.2) is 0 Å². The molecule has 0 bridgehead atoms. The van der Waals surface area contributed by atoms with E-state index in [2.05, 4.69) is 5.32 Å². The van der Waals surface area contributed by atoms with Crippen LogP contribution in [0, 0.1) is 6.92 Å². The van der Waals surface area contributed by atoms with Crippen LogP contribution in [0.4, 0.5) is 11.4 Å². The lowest BCUT2D eigenvalue weighted by Crippen LogP contribution is -2.23. The van der Waals surface area contributed by atoms with Crippen LogP contribution in [-0.2, 0) is 6.54 Å².